The van der Waals surface area contributed by atoms with Crippen LogP contribution in [-0.2, 0) is 0 Å². The van der Waals surface area contributed by atoms with E-state index in [2.05, 4.69) is 359 Å². The van der Waals surface area contributed by atoms with Gasteiger partial charge in [-0.15, -0.1) is 0 Å². The standard InChI is InChI=1S/C42H25N3O.2C40H23N3O/c1-2-11-27(12-3-1)40-41(44-34-18-7-6-17-33(34)43-40)28-13-10-14-29(25-28)45-35-19-8-4-16-32(35)39-36(45)24-22-26-21-23-31-30-15-5-9-20-37(30)46-42(31)38(26)39;1-2-11-26(12-3-1)37-40(41-31-22-19-24-10-4-5-13-27(24)38(31)42-37)43-32-16-8-6-15-30(32)36-33(43)23-20-25-18-21-29-28-14-7-9-17-34(28)44-39(29)35(25)36;1-2-11-26(12-3-1)37-40(42-38-27-13-5-4-10-24(27)19-22-31(38)41-37)43-32-16-8-6-15-30(32)36-33(43)23-20-25-18-21-29-28-14-7-9-17-34(28)44-39(29)35(25)36/h1-25H;2*1-23H. The fraction of sp³-hybridized carbons (Fsp3) is 0. The summed E-state index contributed by atoms with van der Waals surface area (Å²) in [7, 11) is 0. The summed E-state index contributed by atoms with van der Waals surface area (Å²) in [6.45, 7) is 0. The Labute approximate surface area is 763 Å². The Kier molecular flexibility index (Phi) is 16.5. The molecular weight excluding hydrogens is 1640 g/mol. The van der Waals surface area contributed by atoms with Crippen LogP contribution in [0.3, 0.4) is 0 Å². The van der Waals surface area contributed by atoms with E-state index in [1.165, 1.54) is 10.8 Å². The van der Waals surface area contributed by atoms with E-state index in [4.69, 9.17) is 43.2 Å². The van der Waals surface area contributed by atoms with Crippen molar-refractivity contribution in [1.29, 1.82) is 0 Å². The van der Waals surface area contributed by atoms with E-state index in [1.807, 2.05) is 84.9 Å². The van der Waals surface area contributed by atoms with Gasteiger partial charge in [0, 0.05) is 120 Å². The van der Waals surface area contributed by atoms with Crippen LogP contribution in [-0.4, -0.2) is 43.6 Å². The summed E-state index contributed by atoms with van der Waals surface area (Å²) in [6.07, 6.45) is 0. The van der Waals surface area contributed by atoms with Crippen LogP contribution in [0.25, 0.3) is 281 Å². The molecule has 622 valence electrons. The van der Waals surface area contributed by atoms with Gasteiger partial charge in [0.15, 0.2) is 11.6 Å². The molecule has 0 N–H and O–H groups in total. The summed E-state index contributed by atoms with van der Waals surface area (Å²) < 4.78 is 26.7. The smallest absolute Gasteiger partial charge is 0.165 e. The monoisotopic (exact) mass is 1710 g/mol. The zero-order valence-corrected chi connectivity index (χ0v) is 71.7. The van der Waals surface area contributed by atoms with Gasteiger partial charge in [0.1, 0.15) is 44.9 Å². The average Bonchev–Trinajstić information content (AvgIpc) is 1.56. The second kappa shape index (κ2) is 29.7. The van der Waals surface area contributed by atoms with Crippen LogP contribution in [0.4, 0.5) is 0 Å². The van der Waals surface area contributed by atoms with E-state index < -0.39 is 0 Å². The molecule has 0 unspecified atom stereocenters. The highest BCUT2D eigenvalue weighted by Crippen LogP contribution is 2.49. The molecule has 0 spiro atoms. The summed E-state index contributed by atoms with van der Waals surface area (Å²) in [5.74, 6) is 1.61. The third-order valence-electron chi connectivity index (χ3n) is 27.1. The molecule has 0 fully saturated rings. The molecule has 12 heteroatoms. The van der Waals surface area contributed by atoms with Gasteiger partial charge in [-0.3, -0.25) is 9.13 Å². The van der Waals surface area contributed by atoms with Gasteiger partial charge in [-0.05, 0) is 136 Å². The van der Waals surface area contributed by atoms with Crippen molar-refractivity contribution in [3.05, 3.63) is 431 Å². The van der Waals surface area contributed by atoms with Crippen LogP contribution in [0.15, 0.2) is 444 Å². The summed E-state index contributed by atoms with van der Waals surface area (Å²) in [6, 6.07) is 150. The molecule has 0 aliphatic heterocycles. The molecule has 30 aromatic rings. The quantitative estimate of drug-likeness (QED) is 0.143. The minimum Gasteiger partial charge on any atom is -0.455 e. The largest absolute Gasteiger partial charge is 0.455 e. The molecule has 0 amide bonds. The molecule has 0 aliphatic carbocycles. The predicted octanol–water partition coefficient (Wildman–Crippen LogP) is 32.3. The third kappa shape index (κ3) is 11.5. The van der Waals surface area contributed by atoms with Crippen molar-refractivity contribution in [3.63, 3.8) is 0 Å². The number of fused-ring (bicyclic) bond motifs is 34. The van der Waals surface area contributed by atoms with Gasteiger partial charge < -0.3 is 17.8 Å². The van der Waals surface area contributed by atoms with Crippen molar-refractivity contribution in [2.75, 3.05) is 0 Å². The third-order valence-corrected chi connectivity index (χ3v) is 27.1. The van der Waals surface area contributed by atoms with Crippen molar-refractivity contribution >= 4 is 218 Å². The number of furan rings is 3. The number of para-hydroxylation sites is 8. The zero-order chi connectivity index (χ0) is 87.7. The van der Waals surface area contributed by atoms with Gasteiger partial charge in [0.05, 0.1) is 77.6 Å². The van der Waals surface area contributed by atoms with Crippen molar-refractivity contribution in [2.45, 2.75) is 0 Å². The summed E-state index contributed by atoms with van der Waals surface area (Å²) >= 11 is 0. The molecule has 0 aliphatic rings. The Morgan fingerprint density at radius 3 is 0.955 bits per heavy atom. The Balaban J connectivity index is 0.000000100. The van der Waals surface area contributed by atoms with Crippen LogP contribution in [0.2, 0.25) is 0 Å². The number of benzene rings is 21. The number of rotatable bonds is 7. The SMILES string of the molecule is c1ccc(-c2nc3c(ccc4ccccc43)nc2-n2c3ccccc3c3c4c(ccc5c6ccccc6oc54)ccc32)cc1.c1ccc(-c2nc3ccc4ccccc4c3nc2-n2c3ccccc3c3c4c(ccc5c6ccccc6oc54)ccc32)cc1.c1ccc(-c2nc3ccccc3nc2-c2cccc(-n3c4ccccc4c4c5c(ccc6c7ccccc7oc65)ccc43)c2)cc1. The van der Waals surface area contributed by atoms with Crippen molar-refractivity contribution < 1.29 is 13.3 Å². The van der Waals surface area contributed by atoms with Gasteiger partial charge in [0.2, 0.25) is 0 Å². The molecule has 9 heterocycles. The Morgan fingerprint density at radius 1 is 0.172 bits per heavy atom. The fourth-order valence-corrected chi connectivity index (χ4v) is 21.1. The molecule has 0 radical (unpaired) electrons. The number of hydrogen-bond donors (Lipinski definition) is 0. The minimum atomic E-state index is 0.807. The number of aromatic nitrogens is 9. The second-order valence-electron chi connectivity index (χ2n) is 34.5. The molecule has 0 bridgehead atoms. The molecule has 21 aromatic carbocycles. The normalized spacial score (nSPS) is 12.0. The molecule has 30 rings (SSSR count). The molecule has 134 heavy (non-hydrogen) atoms. The zero-order valence-electron chi connectivity index (χ0n) is 71.7. The van der Waals surface area contributed by atoms with Gasteiger partial charge in [-0.2, -0.15) is 0 Å². The average molecular weight is 1710 g/mol. The van der Waals surface area contributed by atoms with Crippen LogP contribution in [0.1, 0.15) is 0 Å². The van der Waals surface area contributed by atoms with Crippen LogP contribution >= 0.6 is 0 Å². The van der Waals surface area contributed by atoms with Crippen molar-refractivity contribution in [3.8, 4) is 62.4 Å². The fourth-order valence-electron chi connectivity index (χ4n) is 21.1. The summed E-state index contributed by atoms with van der Waals surface area (Å²) in [5, 5.41) is 25.1. The second-order valence-corrected chi connectivity index (χ2v) is 34.5. The summed E-state index contributed by atoms with van der Waals surface area (Å²) in [5.41, 5.74) is 25.9. The number of hydrogen-bond acceptors (Lipinski definition) is 9. The van der Waals surface area contributed by atoms with E-state index in [0.717, 1.165) is 270 Å². The lowest BCUT2D eigenvalue weighted by atomic mass is 10.0. The predicted molar refractivity (Wildman–Crippen MR) is 553 cm³/mol. The molecule has 12 nitrogen and oxygen atoms in total. The first kappa shape index (κ1) is 74.8. The van der Waals surface area contributed by atoms with Gasteiger partial charge in [-0.1, -0.05) is 322 Å². The van der Waals surface area contributed by atoms with E-state index in [9.17, 15) is 0 Å². The van der Waals surface area contributed by atoms with Crippen molar-refractivity contribution in [2.24, 2.45) is 0 Å². The Hall–Kier alpha value is -18.3. The van der Waals surface area contributed by atoms with E-state index in [-0.39, 0.29) is 0 Å². The maximum absolute atomic E-state index is 6.60. The minimum absolute atomic E-state index is 0.807. The molecular formula is C122H71N9O3. The van der Waals surface area contributed by atoms with Gasteiger partial charge in [0.25, 0.3) is 0 Å². The topological polar surface area (TPSA) is 132 Å². The van der Waals surface area contributed by atoms with E-state index >= 15 is 0 Å². The van der Waals surface area contributed by atoms with Crippen molar-refractivity contribution in [1.82, 2.24) is 43.6 Å². The molecule has 0 saturated heterocycles. The maximum Gasteiger partial charge on any atom is 0.165 e. The van der Waals surface area contributed by atoms with E-state index in [1.54, 1.807) is 0 Å². The lowest BCUT2D eigenvalue weighted by Gasteiger charge is -2.14. The van der Waals surface area contributed by atoms with E-state index in [0.29, 0.717) is 0 Å². The highest BCUT2D eigenvalue weighted by molar-refractivity contribution is 6.33. The van der Waals surface area contributed by atoms with Crippen LogP contribution in [0, 0.1) is 0 Å². The highest BCUT2D eigenvalue weighted by Gasteiger charge is 2.28. The first-order valence-electron chi connectivity index (χ1n) is 45.2. The Bertz CT molecular complexity index is 10200. The maximum atomic E-state index is 6.60. The lowest BCUT2D eigenvalue weighted by molar-refractivity contribution is 0.672. The first-order valence-corrected chi connectivity index (χ1v) is 45.2. The first-order chi connectivity index (χ1) is 66.5. The van der Waals surface area contributed by atoms with Gasteiger partial charge >= 0.3 is 0 Å². The van der Waals surface area contributed by atoms with Gasteiger partial charge in [-0.25, -0.2) is 29.9 Å². The highest BCUT2D eigenvalue weighted by atomic mass is 16.3. The number of nitrogens with zero attached hydrogens (tertiary/aromatic N) is 9. The lowest BCUT2D eigenvalue weighted by Crippen LogP contribution is -2.04. The molecule has 9 aromatic heterocycles. The van der Waals surface area contributed by atoms with Crippen LogP contribution < -0.4 is 0 Å². The summed E-state index contributed by atoms with van der Waals surface area (Å²) in [4.78, 5) is 31.9. The molecule has 0 atom stereocenters. The molecule has 0 saturated carbocycles. The Morgan fingerprint density at radius 2 is 0.493 bits per heavy atom. The van der Waals surface area contributed by atoms with Crippen LogP contribution in [0.5, 0.6) is 0 Å².